The first-order valence-electron chi connectivity index (χ1n) is 9.49. The zero-order valence-electron chi connectivity index (χ0n) is 14.9. The van der Waals surface area contributed by atoms with Crippen molar-refractivity contribution in [3.63, 3.8) is 0 Å². The van der Waals surface area contributed by atoms with Gasteiger partial charge in [0.05, 0.1) is 12.0 Å². The first-order chi connectivity index (χ1) is 12.5. The summed E-state index contributed by atoms with van der Waals surface area (Å²) in [7, 11) is 0. The summed E-state index contributed by atoms with van der Waals surface area (Å²) in [4.78, 5) is 27.0. The number of ether oxygens (including phenoxy) is 1. The molecule has 0 bridgehead atoms. The summed E-state index contributed by atoms with van der Waals surface area (Å²) >= 11 is 6.07. The van der Waals surface area contributed by atoms with Crippen LogP contribution in [0.1, 0.15) is 44.1 Å². The van der Waals surface area contributed by atoms with Gasteiger partial charge in [-0.1, -0.05) is 43.0 Å². The molecule has 0 radical (unpaired) electrons. The van der Waals surface area contributed by atoms with Crippen molar-refractivity contribution in [3.8, 4) is 0 Å². The van der Waals surface area contributed by atoms with Gasteiger partial charge in [-0.2, -0.15) is 0 Å². The number of likely N-dealkylation sites (tertiary alicyclic amines) is 1. The third-order valence-corrected chi connectivity index (χ3v) is 6.49. The van der Waals surface area contributed by atoms with Gasteiger partial charge in [0.25, 0.3) is 0 Å². The van der Waals surface area contributed by atoms with Crippen molar-refractivity contribution in [2.24, 2.45) is 0 Å². The molecule has 1 saturated carbocycles. The molecule has 6 heteroatoms. The van der Waals surface area contributed by atoms with E-state index in [2.05, 4.69) is 5.32 Å². The van der Waals surface area contributed by atoms with Crippen LogP contribution < -0.4 is 5.32 Å². The first kappa shape index (κ1) is 17.8. The van der Waals surface area contributed by atoms with Crippen LogP contribution >= 0.6 is 11.6 Å². The lowest BCUT2D eigenvalue weighted by molar-refractivity contribution is -0.145. The summed E-state index contributed by atoms with van der Waals surface area (Å²) in [5.74, 6) is 0.127. The molecule has 1 aliphatic carbocycles. The van der Waals surface area contributed by atoms with Crippen molar-refractivity contribution in [1.82, 2.24) is 10.2 Å². The highest BCUT2D eigenvalue weighted by Crippen LogP contribution is 2.43. The predicted octanol–water partition coefficient (Wildman–Crippen LogP) is 2.66. The fourth-order valence-electron chi connectivity index (χ4n) is 4.71. The number of nitrogens with one attached hydrogen (secondary N) is 1. The fourth-order valence-corrected chi connectivity index (χ4v) is 4.84. The van der Waals surface area contributed by atoms with Crippen LogP contribution in [0.25, 0.3) is 0 Å². The van der Waals surface area contributed by atoms with Gasteiger partial charge in [-0.25, -0.2) is 0 Å². The summed E-state index contributed by atoms with van der Waals surface area (Å²) in [6.07, 6.45) is 5.86. The van der Waals surface area contributed by atoms with Crippen LogP contribution in [0.5, 0.6) is 0 Å². The third kappa shape index (κ3) is 3.12. The quantitative estimate of drug-likeness (QED) is 0.863. The van der Waals surface area contributed by atoms with E-state index in [9.17, 15) is 9.59 Å². The van der Waals surface area contributed by atoms with Crippen LogP contribution in [0.3, 0.4) is 0 Å². The molecule has 140 valence electrons. The van der Waals surface area contributed by atoms with Gasteiger partial charge >= 0.3 is 0 Å². The maximum atomic E-state index is 13.6. The summed E-state index contributed by atoms with van der Waals surface area (Å²) < 4.78 is 5.84. The lowest BCUT2D eigenvalue weighted by Gasteiger charge is -2.40. The minimum atomic E-state index is -0.452. The Morgan fingerprint density at radius 3 is 2.50 bits per heavy atom. The molecule has 2 saturated heterocycles. The van der Waals surface area contributed by atoms with Crippen LogP contribution in [-0.2, 0) is 19.7 Å². The lowest BCUT2D eigenvalue weighted by Crippen LogP contribution is -2.55. The summed E-state index contributed by atoms with van der Waals surface area (Å²) in [6, 6.07) is 7.78. The molecule has 0 aromatic heterocycles. The molecule has 1 atom stereocenters. The van der Waals surface area contributed by atoms with E-state index in [1.807, 2.05) is 29.2 Å². The highest BCUT2D eigenvalue weighted by atomic mass is 35.5. The van der Waals surface area contributed by atoms with Gasteiger partial charge in [-0.15, -0.1) is 0 Å². The molecule has 2 amide bonds. The number of carbonyl (C=O) groups excluding carboxylic acids is 2. The monoisotopic (exact) mass is 376 g/mol. The van der Waals surface area contributed by atoms with Crippen LogP contribution in [-0.4, -0.2) is 48.6 Å². The maximum absolute atomic E-state index is 13.6. The molecule has 1 unspecified atom stereocenters. The van der Waals surface area contributed by atoms with Gasteiger partial charge in [0.2, 0.25) is 11.8 Å². The lowest BCUT2D eigenvalue weighted by atomic mass is 9.68. The molecule has 2 aliphatic heterocycles. The number of rotatable bonds is 2. The number of nitrogens with zero attached hydrogens (tertiary/aromatic N) is 1. The topological polar surface area (TPSA) is 58.6 Å². The van der Waals surface area contributed by atoms with Crippen molar-refractivity contribution < 1.29 is 14.3 Å². The molecular formula is C20H25ClN2O3. The Labute approximate surface area is 159 Å². The van der Waals surface area contributed by atoms with Crippen molar-refractivity contribution in [2.45, 2.75) is 49.5 Å². The Kier molecular flexibility index (Phi) is 4.70. The van der Waals surface area contributed by atoms with E-state index in [0.717, 1.165) is 37.7 Å². The molecule has 1 aromatic carbocycles. The smallest absolute Gasteiger partial charge is 0.246 e. The average molecular weight is 377 g/mol. The highest BCUT2D eigenvalue weighted by molar-refractivity contribution is 6.30. The number of halogens is 1. The number of hydrogen-bond acceptors (Lipinski definition) is 3. The largest absolute Gasteiger partial charge is 0.361 e. The minimum absolute atomic E-state index is 0.0784. The Balaban J connectivity index is 1.57. The Morgan fingerprint density at radius 1 is 1.12 bits per heavy atom. The van der Waals surface area contributed by atoms with E-state index in [0.29, 0.717) is 24.7 Å². The summed E-state index contributed by atoms with van der Waals surface area (Å²) in [5, 5.41) is 3.58. The molecule has 1 N–H and O–H groups in total. The number of benzene rings is 1. The number of carbonyl (C=O) groups is 2. The fraction of sp³-hybridized carbons (Fsp3) is 0.600. The normalized spacial score (nSPS) is 28.2. The van der Waals surface area contributed by atoms with E-state index in [4.69, 9.17) is 16.3 Å². The first-order valence-corrected chi connectivity index (χ1v) is 9.87. The van der Waals surface area contributed by atoms with Gasteiger partial charge < -0.3 is 15.0 Å². The van der Waals surface area contributed by atoms with Crippen molar-refractivity contribution in [1.29, 1.82) is 0 Å². The molecule has 26 heavy (non-hydrogen) atoms. The van der Waals surface area contributed by atoms with E-state index < -0.39 is 11.0 Å². The molecule has 2 heterocycles. The van der Waals surface area contributed by atoms with Crippen molar-refractivity contribution in [3.05, 3.63) is 34.9 Å². The Morgan fingerprint density at radius 2 is 1.85 bits per heavy atom. The van der Waals surface area contributed by atoms with Crippen molar-refractivity contribution >= 4 is 23.4 Å². The molecule has 5 nitrogen and oxygen atoms in total. The van der Waals surface area contributed by atoms with Gasteiger partial charge in [-0.05, 0) is 37.0 Å². The second-order valence-corrected chi connectivity index (χ2v) is 8.31. The average Bonchev–Trinajstić information content (AvgIpc) is 3.09. The number of amides is 2. The van der Waals surface area contributed by atoms with Gasteiger partial charge in [-0.3, -0.25) is 9.59 Å². The molecular weight excluding hydrogens is 352 g/mol. The standard InChI is InChI=1S/C20H25ClN2O3/c21-16-6-4-15(5-7-16)20(8-2-1-3-9-20)18(25)23-11-10-19(14-23)13-22-17(24)12-26-19/h4-7H,1-3,8-14H2,(H,22,24). The molecule has 1 spiro atoms. The zero-order valence-corrected chi connectivity index (χ0v) is 15.7. The van der Waals surface area contributed by atoms with Gasteiger partial charge in [0, 0.05) is 18.1 Å². The summed E-state index contributed by atoms with van der Waals surface area (Å²) in [6.45, 7) is 1.82. The number of morpholine rings is 1. The molecule has 1 aromatic rings. The SMILES string of the molecule is O=C1COC2(CCN(C(=O)C3(c4ccc(Cl)cc4)CCCCC3)C2)CN1. The summed E-state index contributed by atoms with van der Waals surface area (Å²) in [5.41, 5.74) is 0.205. The van der Waals surface area contributed by atoms with E-state index in [-0.39, 0.29) is 18.4 Å². The Bertz CT molecular complexity index is 688. The Hall–Kier alpha value is -1.59. The van der Waals surface area contributed by atoms with E-state index in [1.54, 1.807) is 0 Å². The third-order valence-electron chi connectivity index (χ3n) is 6.23. The van der Waals surface area contributed by atoms with Crippen LogP contribution in [0.15, 0.2) is 24.3 Å². The van der Waals surface area contributed by atoms with Crippen LogP contribution in [0, 0.1) is 0 Å². The van der Waals surface area contributed by atoms with E-state index >= 15 is 0 Å². The van der Waals surface area contributed by atoms with Crippen LogP contribution in [0.2, 0.25) is 5.02 Å². The number of hydrogen-bond donors (Lipinski definition) is 1. The minimum Gasteiger partial charge on any atom is -0.361 e. The predicted molar refractivity (Wildman–Crippen MR) is 99.1 cm³/mol. The van der Waals surface area contributed by atoms with E-state index in [1.165, 1.54) is 6.42 Å². The van der Waals surface area contributed by atoms with Crippen molar-refractivity contribution in [2.75, 3.05) is 26.2 Å². The maximum Gasteiger partial charge on any atom is 0.246 e. The highest BCUT2D eigenvalue weighted by Gasteiger charge is 2.49. The van der Waals surface area contributed by atoms with Gasteiger partial charge in [0.1, 0.15) is 12.2 Å². The molecule has 3 aliphatic rings. The molecule has 3 fully saturated rings. The second kappa shape index (κ2) is 6.86. The van der Waals surface area contributed by atoms with Gasteiger partial charge in [0.15, 0.2) is 0 Å². The second-order valence-electron chi connectivity index (χ2n) is 7.87. The molecule has 4 rings (SSSR count). The van der Waals surface area contributed by atoms with Crippen LogP contribution in [0.4, 0.5) is 0 Å². The zero-order chi connectivity index (χ0) is 18.2.